The van der Waals surface area contributed by atoms with Gasteiger partial charge in [0.2, 0.25) is 5.91 Å². The summed E-state index contributed by atoms with van der Waals surface area (Å²) >= 11 is 0. The number of rotatable bonds is 8. The predicted molar refractivity (Wildman–Crippen MR) is 137 cm³/mol. The van der Waals surface area contributed by atoms with Crippen LogP contribution in [0.5, 0.6) is 0 Å². The number of amides is 2. The lowest BCUT2D eigenvalue weighted by Gasteiger charge is -2.22. The SMILES string of the molecule is C=CC(=O)N1C[C@@H](n2nc(C#Cc3ccc(N(C)C)c(N=C)c3F)c(C(N)=O)c2NC)C[C@@H]1COC. The standard InChI is InChI=1S/C25H30FN7O3/c1-7-20(34)32-13-16(12-17(32)14-36-6)33-25(29-3)21(24(27)35)18(30-33)10-8-15-9-11-19(31(4)5)23(28-2)22(15)26/h7,9,11,16-17,29H,1-2,12-14H2,3-6H3,(H2,27,35)/t16-,17+/m0/s1. The Labute approximate surface area is 209 Å². The summed E-state index contributed by atoms with van der Waals surface area (Å²) in [6.45, 7) is 7.69. The number of aliphatic imine (C=N–C) groups is 1. The van der Waals surface area contributed by atoms with Crippen LogP contribution in [-0.2, 0) is 9.53 Å². The third-order valence-corrected chi connectivity index (χ3v) is 6.00. The normalized spacial score (nSPS) is 16.8. The molecule has 10 nitrogen and oxygen atoms in total. The molecule has 190 valence electrons. The smallest absolute Gasteiger partial charge is 0.255 e. The van der Waals surface area contributed by atoms with Crippen molar-refractivity contribution >= 4 is 35.7 Å². The van der Waals surface area contributed by atoms with Crippen molar-refractivity contribution in [3.63, 3.8) is 0 Å². The van der Waals surface area contributed by atoms with E-state index in [0.717, 1.165) is 0 Å². The summed E-state index contributed by atoms with van der Waals surface area (Å²) in [4.78, 5) is 31.9. The Kier molecular flexibility index (Phi) is 8.11. The summed E-state index contributed by atoms with van der Waals surface area (Å²) in [6, 6.07) is 2.73. The Bertz CT molecular complexity index is 1260. The maximum atomic E-state index is 15.1. The van der Waals surface area contributed by atoms with Crippen LogP contribution in [-0.4, -0.2) is 80.7 Å². The number of ether oxygens (including phenoxy) is 1. The van der Waals surface area contributed by atoms with Gasteiger partial charge < -0.3 is 25.6 Å². The van der Waals surface area contributed by atoms with E-state index in [1.54, 1.807) is 48.8 Å². The highest BCUT2D eigenvalue weighted by molar-refractivity contribution is 6.00. The first-order valence-electron chi connectivity index (χ1n) is 11.2. The van der Waals surface area contributed by atoms with Crippen molar-refractivity contribution in [2.45, 2.75) is 18.5 Å². The quantitative estimate of drug-likeness (QED) is 0.328. The number of methoxy groups -OCH3 is 1. The molecule has 1 saturated heterocycles. The van der Waals surface area contributed by atoms with Gasteiger partial charge in [0, 0.05) is 34.8 Å². The van der Waals surface area contributed by atoms with Crippen LogP contribution in [0.1, 0.15) is 34.1 Å². The number of carbonyl (C=O) groups excluding carboxylic acids is 2. The molecule has 0 radical (unpaired) electrons. The van der Waals surface area contributed by atoms with Gasteiger partial charge in [-0.15, -0.1) is 0 Å². The first-order valence-corrected chi connectivity index (χ1v) is 11.2. The summed E-state index contributed by atoms with van der Waals surface area (Å²) in [5, 5.41) is 7.51. The monoisotopic (exact) mass is 495 g/mol. The third-order valence-electron chi connectivity index (χ3n) is 6.00. The average molecular weight is 496 g/mol. The van der Waals surface area contributed by atoms with Gasteiger partial charge in [0.05, 0.1) is 29.9 Å². The number of likely N-dealkylation sites (tertiary alicyclic amines) is 1. The van der Waals surface area contributed by atoms with E-state index < -0.39 is 11.7 Å². The minimum absolute atomic E-state index is 0.0720. The molecule has 2 aromatic rings. The van der Waals surface area contributed by atoms with Crippen LogP contribution < -0.4 is 16.0 Å². The van der Waals surface area contributed by atoms with Gasteiger partial charge in [-0.1, -0.05) is 12.5 Å². The molecule has 3 N–H and O–H groups in total. The first kappa shape index (κ1) is 26.4. The number of hydrogen-bond donors (Lipinski definition) is 2. The maximum Gasteiger partial charge on any atom is 0.255 e. The molecular formula is C25H30FN7O3. The minimum atomic E-state index is -0.739. The molecule has 2 amide bonds. The average Bonchev–Trinajstić information content (AvgIpc) is 3.44. The lowest BCUT2D eigenvalue weighted by Crippen LogP contribution is -2.37. The zero-order chi connectivity index (χ0) is 26.6. The lowest BCUT2D eigenvalue weighted by molar-refractivity contribution is -0.127. The molecule has 3 rings (SSSR count). The Hall–Kier alpha value is -4.17. The molecule has 1 aliphatic rings. The van der Waals surface area contributed by atoms with E-state index in [-0.39, 0.29) is 40.5 Å². The fraction of sp³-hybridized carbons (Fsp3) is 0.360. The number of nitrogens with two attached hydrogens (primary N) is 1. The van der Waals surface area contributed by atoms with Crippen molar-refractivity contribution < 1.29 is 18.7 Å². The van der Waals surface area contributed by atoms with Gasteiger partial charge in [-0.25, -0.2) is 9.07 Å². The van der Waals surface area contributed by atoms with Crippen molar-refractivity contribution in [2.75, 3.05) is 51.6 Å². The van der Waals surface area contributed by atoms with Crippen LogP contribution in [0, 0.1) is 17.7 Å². The highest BCUT2D eigenvalue weighted by Crippen LogP contribution is 2.33. The molecule has 1 fully saturated rings. The minimum Gasteiger partial charge on any atom is -0.383 e. The van der Waals surface area contributed by atoms with E-state index in [1.165, 1.54) is 12.1 Å². The molecule has 2 atom stereocenters. The van der Waals surface area contributed by atoms with E-state index >= 15 is 4.39 Å². The van der Waals surface area contributed by atoms with Crippen molar-refractivity contribution in [3.8, 4) is 11.8 Å². The van der Waals surface area contributed by atoms with Crippen LogP contribution in [0.3, 0.4) is 0 Å². The summed E-state index contributed by atoms with van der Waals surface area (Å²) in [7, 11) is 6.73. The van der Waals surface area contributed by atoms with E-state index in [2.05, 4.69) is 40.5 Å². The second-order valence-electron chi connectivity index (χ2n) is 8.42. The number of carbonyl (C=O) groups is 2. The predicted octanol–water partition coefficient (Wildman–Crippen LogP) is 1.94. The molecule has 0 saturated carbocycles. The number of nitrogens with zero attached hydrogens (tertiary/aromatic N) is 5. The lowest BCUT2D eigenvalue weighted by atomic mass is 10.1. The number of halogens is 1. The molecule has 1 aromatic heterocycles. The Balaban J connectivity index is 2.07. The van der Waals surface area contributed by atoms with Crippen molar-refractivity contribution in [2.24, 2.45) is 10.7 Å². The van der Waals surface area contributed by atoms with E-state index in [4.69, 9.17) is 10.5 Å². The van der Waals surface area contributed by atoms with Crippen molar-refractivity contribution in [1.82, 2.24) is 14.7 Å². The fourth-order valence-electron chi connectivity index (χ4n) is 4.35. The molecular weight excluding hydrogens is 465 g/mol. The number of aromatic nitrogens is 2. The van der Waals surface area contributed by atoms with Crippen LogP contribution in [0.25, 0.3) is 0 Å². The number of benzene rings is 1. The Morgan fingerprint density at radius 3 is 2.69 bits per heavy atom. The topological polar surface area (TPSA) is 118 Å². The summed E-state index contributed by atoms with van der Waals surface area (Å²) < 4.78 is 22.0. The summed E-state index contributed by atoms with van der Waals surface area (Å²) in [6.07, 6.45) is 1.78. The zero-order valence-corrected chi connectivity index (χ0v) is 20.8. The van der Waals surface area contributed by atoms with Gasteiger partial charge in [-0.2, -0.15) is 5.10 Å². The van der Waals surface area contributed by atoms with Crippen LogP contribution in [0.4, 0.5) is 21.6 Å². The number of anilines is 2. The number of primary amides is 1. The maximum absolute atomic E-state index is 15.1. The Morgan fingerprint density at radius 1 is 1.42 bits per heavy atom. The Morgan fingerprint density at radius 2 is 2.14 bits per heavy atom. The van der Waals surface area contributed by atoms with Gasteiger partial charge in [0.15, 0.2) is 11.5 Å². The molecule has 0 bridgehead atoms. The summed E-state index contributed by atoms with van der Waals surface area (Å²) in [5.41, 5.74) is 6.54. The molecule has 1 aromatic carbocycles. The molecule has 1 aliphatic heterocycles. The largest absolute Gasteiger partial charge is 0.383 e. The van der Waals surface area contributed by atoms with Crippen LogP contribution in [0.15, 0.2) is 29.8 Å². The summed E-state index contributed by atoms with van der Waals surface area (Å²) in [5.74, 6) is 4.30. The molecule has 36 heavy (non-hydrogen) atoms. The second-order valence-corrected chi connectivity index (χ2v) is 8.42. The van der Waals surface area contributed by atoms with Gasteiger partial charge >= 0.3 is 0 Å². The first-order chi connectivity index (χ1) is 17.2. The molecule has 0 unspecified atom stereocenters. The van der Waals surface area contributed by atoms with Gasteiger partial charge in [0.1, 0.15) is 17.1 Å². The highest BCUT2D eigenvalue weighted by atomic mass is 19.1. The van der Waals surface area contributed by atoms with Gasteiger partial charge in [-0.05, 0) is 37.3 Å². The molecule has 11 heteroatoms. The number of nitrogens with one attached hydrogen (secondary N) is 1. The van der Waals surface area contributed by atoms with E-state index in [9.17, 15) is 9.59 Å². The molecule has 0 spiro atoms. The third kappa shape index (κ3) is 4.94. The second kappa shape index (κ2) is 11.0. The van der Waals surface area contributed by atoms with E-state index in [0.29, 0.717) is 31.1 Å². The van der Waals surface area contributed by atoms with Crippen LogP contribution >= 0.6 is 0 Å². The van der Waals surface area contributed by atoms with Crippen molar-refractivity contribution in [3.05, 3.63) is 47.4 Å². The highest BCUT2D eigenvalue weighted by Gasteiger charge is 2.37. The fourth-order valence-corrected chi connectivity index (χ4v) is 4.35. The van der Waals surface area contributed by atoms with Gasteiger partial charge in [0.25, 0.3) is 5.91 Å². The van der Waals surface area contributed by atoms with Crippen LogP contribution in [0.2, 0.25) is 0 Å². The van der Waals surface area contributed by atoms with Gasteiger partial charge in [-0.3, -0.25) is 14.6 Å². The van der Waals surface area contributed by atoms with Crippen molar-refractivity contribution in [1.29, 1.82) is 0 Å². The molecule has 0 aliphatic carbocycles. The zero-order valence-electron chi connectivity index (χ0n) is 20.8. The van der Waals surface area contributed by atoms with E-state index in [1.807, 2.05) is 0 Å². The number of hydrogen-bond acceptors (Lipinski definition) is 7. The molecule has 2 heterocycles.